The summed E-state index contributed by atoms with van der Waals surface area (Å²) in [7, 11) is -8.05. The first-order chi connectivity index (χ1) is 14.3. The van der Waals surface area contributed by atoms with Crippen molar-refractivity contribution in [1.82, 2.24) is 7.94 Å². The van der Waals surface area contributed by atoms with Gasteiger partial charge < -0.3 is 0 Å². The molecule has 30 heavy (non-hydrogen) atoms. The highest BCUT2D eigenvalue weighted by Crippen LogP contribution is 2.22. The Hall–Kier alpha value is -3.43. The maximum atomic E-state index is 13.2. The van der Waals surface area contributed by atoms with Crippen molar-refractivity contribution in [1.29, 1.82) is 0 Å². The van der Waals surface area contributed by atoms with Crippen LogP contribution in [-0.2, 0) is 20.0 Å². The Labute approximate surface area is 173 Å². The molecule has 0 saturated heterocycles. The van der Waals surface area contributed by atoms with E-state index >= 15 is 0 Å². The first-order valence-corrected chi connectivity index (χ1v) is 11.7. The van der Waals surface area contributed by atoms with Gasteiger partial charge in [-0.15, -0.1) is 0 Å². The lowest BCUT2D eigenvalue weighted by Crippen LogP contribution is -2.22. The van der Waals surface area contributed by atoms with Crippen LogP contribution in [-0.4, -0.2) is 30.6 Å². The van der Waals surface area contributed by atoms with Crippen LogP contribution in [0.5, 0.6) is 0 Å². The minimum Gasteiger partial charge on any atom is -0.285 e. The monoisotopic (exact) mass is 440 g/mol. The van der Waals surface area contributed by atoms with E-state index in [2.05, 4.69) is 0 Å². The third-order valence-corrected chi connectivity index (χ3v) is 7.90. The zero-order valence-corrected chi connectivity index (χ0v) is 17.1. The standard InChI is InChI=1S/C21H16N2O5S2/c24-21(19-13-7-15-22(19)29(25,26)17-9-3-1-4-10-17)20-14-8-16-23(20)30(27,28)18-11-5-2-6-12-18/h1-16H. The molecule has 0 spiro atoms. The van der Waals surface area contributed by atoms with Crippen LogP contribution >= 0.6 is 0 Å². The summed E-state index contributed by atoms with van der Waals surface area (Å²) in [6.07, 6.45) is 2.52. The smallest absolute Gasteiger partial charge is 0.268 e. The van der Waals surface area contributed by atoms with Gasteiger partial charge in [0, 0.05) is 12.4 Å². The molecule has 0 aliphatic rings. The molecule has 4 rings (SSSR count). The molecule has 0 amide bonds. The Balaban J connectivity index is 1.80. The zero-order chi connectivity index (χ0) is 21.4. The number of ketones is 1. The third kappa shape index (κ3) is 3.27. The molecule has 0 N–H and O–H groups in total. The van der Waals surface area contributed by atoms with Gasteiger partial charge in [0.15, 0.2) is 0 Å². The van der Waals surface area contributed by atoms with Crippen molar-refractivity contribution in [3.05, 3.63) is 109 Å². The number of carbonyl (C=O) groups is 1. The molecule has 2 aromatic carbocycles. The molecule has 0 fully saturated rings. The van der Waals surface area contributed by atoms with Gasteiger partial charge in [0.05, 0.1) is 9.79 Å². The van der Waals surface area contributed by atoms with Crippen LogP contribution in [0.4, 0.5) is 0 Å². The van der Waals surface area contributed by atoms with Crippen LogP contribution < -0.4 is 0 Å². The van der Waals surface area contributed by atoms with E-state index in [0.29, 0.717) is 0 Å². The summed E-state index contributed by atoms with van der Waals surface area (Å²) < 4.78 is 53.6. The average Bonchev–Trinajstić information content (AvgIpc) is 3.45. The highest BCUT2D eigenvalue weighted by atomic mass is 32.2. The maximum Gasteiger partial charge on any atom is 0.268 e. The third-order valence-electron chi connectivity index (χ3n) is 4.49. The average molecular weight is 441 g/mol. The van der Waals surface area contributed by atoms with Crippen LogP contribution in [0, 0.1) is 0 Å². The lowest BCUT2D eigenvalue weighted by Gasteiger charge is -2.12. The van der Waals surface area contributed by atoms with Gasteiger partial charge in [-0.1, -0.05) is 36.4 Å². The molecule has 0 aliphatic carbocycles. The van der Waals surface area contributed by atoms with Crippen molar-refractivity contribution in [2.24, 2.45) is 0 Å². The summed E-state index contributed by atoms with van der Waals surface area (Å²) in [4.78, 5) is 13.2. The molecule has 4 aromatic rings. The molecule has 7 nitrogen and oxygen atoms in total. The first-order valence-electron chi connectivity index (χ1n) is 8.84. The van der Waals surface area contributed by atoms with Gasteiger partial charge in [-0.3, -0.25) is 4.79 Å². The number of hydrogen-bond donors (Lipinski definition) is 0. The van der Waals surface area contributed by atoms with Crippen LogP contribution in [0.25, 0.3) is 0 Å². The molecule has 9 heteroatoms. The number of benzene rings is 2. The van der Waals surface area contributed by atoms with Crippen molar-refractivity contribution >= 4 is 25.8 Å². The van der Waals surface area contributed by atoms with E-state index < -0.39 is 25.8 Å². The van der Waals surface area contributed by atoms with Crippen molar-refractivity contribution < 1.29 is 21.6 Å². The number of nitrogens with zero attached hydrogens (tertiary/aromatic N) is 2. The highest BCUT2D eigenvalue weighted by molar-refractivity contribution is 7.90. The van der Waals surface area contributed by atoms with E-state index in [4.69, 9.17) is 0 Å². The molecular formula is C21H16N2O5S2. The van der Waals surface area contributed by atoms with Gasteiger partial charge in [0.25, 0.3) is 20.0 Å². The molecule has 0 saturated carbocycles. The summed E-state index contributed by atoms with van der Waals surface area (Å²) in [5, 5.41) is 0. The van der Waals surface area contributed by atoms with E-state index in [0.717, 1.165) is 7.94 Å². The lowest BCUT2D eigenvalue weighted by molar-refractivity contribution is 0.102. The van der Waals surface area contributed by atoms with Gasteiger partial charge in [0.1, 0.15) is 11.4 Å². The Kier molecular flexibility index (Phi) is 4.92. The van der Waals surface area contributed by atoms with Gasteiger partial charge >= 0.3 is 0 Å². The van der Waals surface area contributed by atoms with Gasteiger partial charge in [-0.05, 0) is 48.5 Å². The van der Waals surface area contributed by atoms with Crippen molar-refractivity contribution in [3.63, 3.8) is 0 Å². The lowest BCUT2D eigenvalue weighted by atomic mass is 10.2. The molecule has 0 unspecified atom stereocenters. The molecule has 0 radical (unpaired) electrons. The number of carbonyl (C=O) groups excluding carboxylic acids is 1. The SMILES string of the molecule is O=C(c1cccn1S(=O)(=O)c1ccccc1)c1cccn1S(=O)(=O)c1ccccc1. The van der Waals surface area contributed by atoms with E-state index in [1.807, 2.05) is 0 Å². The Morgan fingerprint density at radius 1 is 0.533 bits per heavy atom. The van der Waals surface area contributed by atoms with E-state index in [1.165, 1.54) is 60.9 Å². The van der Waals surface area contributed by atoms with Crippen LogP contribution in [0.2, 0.25) is 0 Å². The minimum atomic E-state index is -4.03. The predicted octanol–water partition coefficient (Wildman–Crippen LogP) is 2.99. The summed E-state index contributed by atoms with van der Waals surface area (Å²) in [5.74, 6) is -0.732. The van der Waals surface area contributed by atoms with Crippen molar-refractivity contribution in [2.75, 3.05) is 0 Å². The van der Waals surface area contributed by atoms with E-state index in [1.54, 1.807) is 36.4 Å². The molecule has 152 valence electrons. The summed E-state index contributed by atoms with van der Waals surface area (Å²) >= 11 is 0. The van der Waals surface area contributed by atoms with Crippen LogP contribution in [0.1, 0.15) is 16.2 Å². The topological polar surface area (TPSA) is 95.2 Å². The zero-order valence-electron chi connectivity index (χ0n) is 15.5. The first kappa shape index (κ1) is 19.9. The van der Waals surface area contributed by atoms with E-state index in [-0.39, 0.29) is 21.2 Å². The largest absolute Gasteiger partial charge is 0.285 e. The minimum absolute atomic E-state index is 0.0162. The summed E-state index contributed by atoms with van der Waals surface area (Å²) in [5.41, 5.74) is -0.330. The molecule has 0 atom stereocenters. The fourth-order valence-electron chi connectivity index (χ4n) is 3.05. The molecule has 0 aliphatic heterocycles. The Bertz CT molecular complexity index is 1310. The Morgan fingerprint density at radius 2 is 0.900 bits per heavy atom. The highest BCUT2D eigenvalue weighted by Gasteiger charge is 2.28. The van der Waals surface area contributed by atoms with Crippen LogP contribution in [0.15, 0.2) is 107 Å². The van der Waals surface area contributed by atoms with Crippen molar-refractivity contribution in [2.45, 2.75) is 9.79 Å². The van der Waals surface area contributed by atoms with Gasteiger partial charge in [-0.25, -0.2) is 24.8 Å². The second-order valence-electron chi connectivity index (χ2n) is 6.34. The number of aromatic nitrogens is 2. The fourth-order valence-corrected chi connectivity index (χ4v) is 5.77. The van der Waals surface area contributed by atoms with Gasteiger partial charge in [0.2, 0.25) is 5.78 Å². The quantitative estimate of drug-likeness (QED) is 0.430. The predicted molar refractivity (Wildman–Crippen MR) is 110 cm³/mol. The fraction of sp³-hybridized carbons (Fsp3) is 0. The summed E-state index contributed by atoms with van der Waals surface area (Å²) in [6.45, 7) is 0. The Morgan fingerprint density at radius 3 is 1.27 bits per heavy atom. The summed E-state index contributed by atoms with van der Waals surface area (Å²) in [6, 6.07) is 20.9. The van der Waals surface area contributed by atoms with E-state index in [9.17, 15) is 21.6 Å². The molecule has 2 heterocycles. The number of rotatable bonds is 6. The maximum absolute atomic E-state index is 13.2. The molecule has 2 aromatic heterocycles. The second kappa shape index (κ2) is 7.43. The molecule has 0 bridgehead atoms. The number of hydrogen-bond acceptors (Lipinski definition) is 5. The second-order valence-corrected chi connectivity index (χ2v) is 9.97. The van der Waals surface area contributed by atoms with Gasteiger partial charge in [-0.2, -0.15) is 0 Å². The van der Waals surface area contributed by atoms with Crippen molar-refractivity contribution in [3.8, 4) is 0 Å². The molecular weight excluding hydrogens is 424 g/mol. The normalized spacial score (nSPS) is 12.0. The van der Waals surface area contributed by atoms with Crippen LogP contribution in [0.3, 0.4) is 0 Å².